The van der Waals surface area contributed by atoms with E-state index in [4.69, 9.17) is 5.84 Å². The van der Waals surface area contributed by atoms with Crippen LogP contribution < -0.4 is 21.9 Å². The number of nitrogens with one attached hydrogen (secondary N) is 3. The Morgan fingerprint density at radius 1 is 1.12 bits per heavy atom. The van der Waals surface area contributed by atoms with Gasteiger partial charge in [-0.1, -0.05) is 18.1 Å². The molecule has 0 fully saturated rings. The molecule has 1 heterocycles. The summed E-state index contributed by atoms with van der Waals surface area (Å²) in [6.07, 6.45) is 2.94. The molecule has 2 aromatic rings. The molecule has 0 spiro atoms. The third kappa shape index (κ3) is 5.40. The van der Waals surface area contributed by atoms with Gasteiger partial charge in [0.1, 0.15) is 5.69 Å². The second-order valence-corrected chi connectivity index (χ2v) is 4.74. The molecule has 0 saturated heterocycles. The number of benzene rings is 1. The molecule has 122 valence electrons. The molecule has 3 amide bonds. The van der Waals surface area contributed by atoms with E-state index in [2.05, 4.69) is 32.4 Å². The first-order chi connectivity index (χ1) is 11.6. The second-order valence-electron chi connectivity index (χ2n) is 4.74. The van der Waals surface area contributed by atoms with Crippen LogP contribution in [0.3, 0.4) is 0 Å². The van der Waals surface area contributed by atoms with Crippen molar-refractivity contribution in [2.45, 2.75) is 13.5 Å². The Balaban J connectivity index is 1.97. The Labute approximate surface area is 138 Å². The summed E-state index contributed by atoms with van der Waals surface area (Å²) in [6, 6.07) is 6.94. The first-order valence-electron chi connectivity index (χ1n) is 7.02. The van der Waals surface area contributed by atoms with Crippen LogP contribution in [0, 0.1) is 11.8 Å². The van der Waals surface area contributed by atoms with Crippen LogP contribution in [-0.4, -0.2) is 21.9 Å². The molecule has 24 heavy (non-hydrogen) atoms. The minimum atomic E-state index is -0.444. The third-order valence-corrected chi connectivity index (χ3v) is 2.83. The van der Waals surface area contributed by atoms with Crippen LogP contribution in [0.15, 0.2) is 36.7 Å². The van der Waals surface area contributed by atoms with Crippen molar-refractivity contribution in [3.05, 3.63) is 53.5 Å². The third-order valence-electron chi connectivity index (χ3n) is 2.83. The smallest absolute Gasteiger partial charge is 0.329 e. The Kier molecular flexibility index (Phi) is 5.82. The van der Waals surface area contributed by atoms with E-state index in [0.717, 1.165) is 11.1 Å². The molecule has 0 atom stereocenters. The number of carbonyl (C=O) groups excluding carboxylic acids is 2. The van der Waals surface area contributed by atoms with Crippen molar-refractivity contribution in [2.24, 2.45) is 5.84 Å². The first kappa shape index (κ1) is 16.9. The monoisotopic (exact) mass is 324 g/mol. The summed E-state index contributed by atoms with van der Waals surface area (Å²) in [5, 5.41) is 5.12. The van der Waals surface area contributed by atoms with E-state index in [1.807, 2.05) is 29.7 Å². The summed E-state index contributed by atoms with van der Waals surface area (Å²) in [6.45, 7) is 1.77. The van der Waals surface area contributed by atoms with Crippen LogP contribution in [0.1, 0.15) is 23.7 Å². The average Bonchev–Trinajstić information content (AvgIpc) is 2.59. The van der Waals surface area contributed by atoms with Crippen LogP contribution in [-0.2, 0) is 11.3 Å². The van der Waals surface area contributed by atoms with Gasteiger partial charge < -0.3 is 10.6 Å². The van der Waals surface area contributed by atoms with Gasteiger partial charge in [0.15, 0.2) is 5.82 Å². The van der Waals surface area contributed by atoms with Crippen LogP contribution in [0.4, 0.5) is 10.6 Å². The summed E-state index contributed by atoms with van der Waals surface area (Å²) in [5.74, 6) is 11.0. The number of nitrogens with zero attached hydrogens (tertiary/aromatic N) is 2. The van der Waals surface area contributed by atoms with Gasteiger partial charge in [0.2, 0.25) is 5.91 Å². The highest BCUT2D eigenvalue weighted by atomic mass is 16.2. The van der Waals surface area contributed by atoms with Gasteiger partial charge >= 0.3 is 6.03 Å². The lowest BCUT2D eigenvalue weighted by molar-refractivity contribution is -0.114. The van der Waals surface area contributed by atoms with Crippen molar-refractivity contribution in [1.29, 1.82) is 0 Å². The number of anilines is 1. The van der Waals surface area contributed by atoms with E-state index in [9.17, 15) is 9.59 Å². The van der Waals surface area contributed by atoms with Gasteiger partial charge in [-0.25, -0.2) is 20.6 Å². The van der Waals surface area contributed by atoms with Crippen molar-refractivity contribution < 1.29 is 9.59 Å². The Morgan fingerprint density at radius 3 is 2.46 bits per heavy atom. The lowest BCUT2D eigenvalue weighted by Crippen LogP contribution is -2.39. The molecule has 1 aromatic heterocycles. The fourth-order valence-corrected chi connectivity index (χ4v) is 1.71. The van der Waals surface area contributed by atoms with Gasteiger partial charge in [0.05, 0.1) is 12.4 Å². The van der Waals surface area contributed by atoms with Crippen molar-refractivity contribution in [2.75, 3.05) is 5.32 Å². The largest absolute Gasteiger partial charge is 0.333 e. The van der Waals surface area contributed by atoms with Crippen molar-refractivity contribution in [1.82, 2.24) is 20.7 Å². The standard InChI is InChI=1S/C16H16N6O2/c1-11(23)21-15-10-18-14(9-19-15)7-6-12-2-4-13(5-3-12)8-20-16(24)22-17/h2-5,9-10H,8,17H2,1H3,(H,19,21,23)(H2,20,22,24). The molecule has 0 unspecified atom stereocenters. The predicted octanol–water partition coefficient (Wildman–Crippen LogP) is 0.508. The van der Waals surface area contributed by atoms with Crippen molar-refractivity contribution in [3.8, 4) is 11.8 Å². The van der Waals surface area contributed by atoms with E-state index in [-0.39, 0.29) is 5.91 Å². The molecule has 2 rings (SSSR count). The minimum Gasteiger partial charge on any atom is -0.333 e. The summed E-state index contributed by atoms with van der Waals surface area (Å²) in [4.78, 5) is 30.0. The molecular formula is C16H16N6O2. The molecule has 0 aliphatic heterocycles. The number of amides is 3. The molecule has 8 nitrogen and oxygen atoms in total. The number of hydrogen-bond donors (Lipinski definition) is 4. The average molecular weight is 324 g/mol. The Morgan fingerprint density at radius 2 is 1.88 bits per heavy atom. The lowest BCUT2D eigenvalue weighted by atomic mass is 10.1. The summed E-state index contributed by atoms with van der Waals surface area (Å²) in [7, 11) is 0. The van der Waals surface area contributed by atoms with Crippen LogP contribution in [0.5, 0.6) is 0 Å². The molecule has 5 N–H and O–H groups in total. The van der Waals surface area contributed by atoms with Gasteiger partial charge in [-0.15, -0.1) is 0 Å². The molecule has 0 aliphatic rings. The summed E-state index contributed by atoms with van der Waals surface area (Å²) < 4.78 is 0. The number of rotatable bonds is 3. The molecule has 0 bridgehead atoms. The van der Waals surface area contributed by atoms with E-state index in [1.165, 1.54) is 19.3 Å². The Hall–Kier alpha value is -3.44. The predicted molar refractivity (Wildman–Crippen MR) is 88.3 cm³/mol. The maximum absolute atomic E-state index is 11.0. The summed E-state index contributed by atoms with van der Waals surface area (Å²) in [5.41, 5.74) is 4.21. The Bertz CT molecular complexity index is 775. The maximum Gasteiger partial charge on any atom is 0.329 e. The highest BCUT2D eigenvalue weighted by Crippen LogP contribution is 2.04. The zero-order valence-corrected chi connectivity index (χ0v) is 13.0. The molecule has 0 saturated carbocycles. The minimum absolute atomic E-state index is 0.207. The van der Waals surface area contributed by atoms with Crippen LogP contribution >= 0.6 is 0 Å². The second kappa shape index (κ2) is 8.26. The quantitative estimate of drug-likeness (QED) is 0.283. The zero-order chi connectivity index (χ0) is 17.4. The molecule has 1 aromatic carbocycles. The number of nitrogens with two attached hydrogens (primary N) is 1. The molecular weight excluding hydrogens is 308 g/mol. The van der Waals surface area contributed by atoms with Gasteiger partial charge in [0.25, 0.3) is 0 Å². The van der Waals surface area contributed by atoms with E-state index in [0.29, 0.717) is 18.1 Å². The van der Waals surface area contributed by atoms with Gasteiger partial charge in [-0.3, -0.25) is 10.2 Å². The zero-order valence-electron chi connectivity index (χ0n) is 13.0. The van der Waals surface area contributed by atoms with E-state index < -0.39 is 6.03 Å². The number of aromatic nitrogens is 2. The molecule has 8 heteroatoms. The number of urea groups is 1. The normalized spacial score (nSPS) is 9.42. The number of hydrazine groups is 1. The van der Waals surface area contributed by atoms with Crippen molar-refractivity contribution >= 4 is 17.8 Å². The topological polar surface area (TPSA) is 122 Å². The van der Waals surface area contributed by atoms with Gasteiger partial charge in [-0.05, 0) is 23.6 Å². The molecule has 0 radical (unpaired) electrons. The lowest BCUT2D eigenvalue weighted by Gasteiger charge is -2.03. The van der Waals surface area contributed by atoms with E-state index in [1.54, 1.807) is 0 Å². The number of carbonyl (C=O) groups is 2. The number of hydrogen-bond acceptors (Lipinski definition) is 5. The van der Waals surface area contributed by atoms with Crippen LogP contribution in [0.2, 0.25) is 0 Å². The molecule has 0 aliphatic carbocycles. The fourth-order valence-electron chi connectivity index (χ4n) is 1.71. The van der Waals surface area contributed by atoms with Crippen LogP contribution in [0.25, 0.3) is 0 Å². The SMILES string of the molecule is CC(=O)Nc1cnc(C#Cc2ccc(CNC(=O)NN)cc2)cn1. The van der Waals surface area contributed by atoms with E-state index >= 15 is 0 Å². The fraction of sp³-hybridized carbons (Fsp3) is 0.125. The van der Waals surface area contributed by atoms with Crippen molar-refractivity contribution in [3.63, 3.8) is 0 Å². The van der Waals surface area contributed by atoms with Gasteiger partial charge in [0, 0.05) is 19.0 Å². The summed E-state index contributed by atoms with van der Waals surface area (Å²) >= 11 is 0. The maximum atomic E-state index is 11.0. The highest BCUT2D eigenvalue weighted by Gasteiger charge is 1.98. The highest BCUT2D eigenvalue weighted by molar-refractivity contribution is 5.87. The first-order valence-corrected chi connectivity index (χ1v) is 7.02. The van der Waals surface area contributed by atoms with Gasteiger partial charge in [-0.2, -0.15) is 0 Å².